The maximum Gasteiger partial charge on any atom is 0.412 e. The fraction of sp³-hybridized carbons (Fsp3) is 0.385. The van der Waals surface area contributed by atoms with Crippen molar-refractivity contribution in [3.8, 4) is 0 Å². The maximum atomic E-state index is 11.6. The summed E-state index contributed by atoms with van der Waals surface area (Å²) in [6.07, 6.45) is -0.511. The molecule has 1 N–H and O–H groups in total. The number of carbonyl (C=O) groups is 1. The summed E-state index contributed by atoms with van der Waals surface area (Å²) in [6, 6.07) is 5.18. The summed E-state index contributed by atoms with van der Waals surface area (Å²) in [7, 11) is 0. The summed E-state index contributed by atoms with van der Waals surface area (Å²) in [5.41, 5.74) is 1.34. The zero-order valence-electron chi connectivity index (χ0n) is 10.5. The lowest BCUT2D eigenvalue weighted by atomic mass is 10.1. The van der Waals surface area contributed by atoms with Crippen LogP contribution in [0.2, 0.25) is 0 Å². The van der Waals surface area contributed by atoms with Gasteiger partial charge in [-0.1, -0.05) is 12.1 Å². The van der Waals surface area contributed by atoms with Gasteiger partial charge in [0.15, 0.2) is 5.69 Å². The Labute approximate surface area is 101 Å². The van der Waals surface area contributed by atoms with Crippen molar-refractivity contribution in [1.82, 2.24) is 0 Å². The average molecular weight is 232 g/mol. The van der Waals surface area contributed by atoms with E-state index in [0.717, 1.165) is 5.56 Å². The highest BCUT2D eigenvalue weighted by molar-refractivity contribution is 5.87. The van der Waals surface area contributed by atoms with Gasteiger partial charge in [0.2, 0.25) is 0 Å². The van der Waals surface area contributed by atoms with E-state index in [1.165, 1.54) is 0 Å². The summed E-state index contributed by atoms with van der Waals surface area (Å²) in [5, 5.41) is 2.64. The standard InChI is InChI=1S/C13H16N2O2/c1-9-10(14-5)7-6-8-11(9)15-12(16)17-13(2,3)4/h6-8H,1-4H3,(H,15,16). The van der Waals surface area contributed by atoms with Gasteiger partial charge in [0.1, 0.15) is 5.60 Å². The third kappa shape index (κ3) is 3.80. The maximum absolute atomic E-state index is 11.6. The Kier molecular flexibility index (Phi) is 3.74. The Bertz CT molecular complexity index is 467. The largest absolute Gasteiger partial charge is 0.444 e. The third-order valence-electron chi connectivity index (χ3n) is 2.06. The molecule has 1 rings (SSSR count). The van der Waals surface area contributed by atoms with E-state index >= 15 is 0 Å². The number of hydrogen-bond donors (Lipinski definition) is 1. The third-order valence-corrected chi connectivity index (χ3v) is 2.06. The SMILES string of the molecule is [C-]#[N+]c1cccc(NC(=O)OC(C)(C)C)c1C. The van der Waals surface area contributed by atoms with Crippen LogP contribution in [0.15, 0.2) is 18.2 Å². The van der Waals surface area contributed by atoms with Gasteiger partial charge in [-0.2, -0.15) is 0 Å². The molecule has 90 valence electrons. The summed E-state index contributed by atoms with van der Waals surface area (Å²) in [6.45, 7) is 14.2. The zero-order chi connectivity index (χ0) is 13.1. The second kappa shape index (κ2) is 4.88. The molecule has 0 aliphatic carbocycles. The van der Waals surface area contributed by atoms with Crippen LogP contribution in [0.5, 0.6) is 0 Å². The number of nitrogens with one attached hydrogen (secondary N) is 1. The molecule has 1 aromatic rings. The van der Waals surface area contributed by atoms with Crippen LogP contribution >= 0.6 is 0 Å². The summed E-state index contributed by atoms with van der Waals surface area (Å²) in [4.78, 5) is 14.9. The summed E-state index contributed by atoms with van der Waals surface area (Å²) in [5.74, 6) is 0. The molecule has 0 spiro atoms. The van der Waals surface area contributed by atoms with Crippen molar-refractivity contribution in [2.45, 2.75) is 33.3 Å². The monoisotopic (exact) mass is 232 g/mol. The normalized spacial score (nSPS) is 10.5. The number of hydrogen-bond acceptors (Lipinski definition) is 2. The van der Waals surface area contributed by atoms with Crippen LogP contribution in [-0.4, -0.2) is 11.7 Å². The topological polar surface area (TPSA) is 42.7 Å². The van der Waals surface area contributed by atoms with E-state index in [1.54, 1.807) is 45.9 Å². The predicted octanol–water partition coefficient (Wildman–Crippen LogP) is 3.89. The smallest absolute Gasteiger partial charge is 0.412 e. The van der Waals surface area contributed by atoms with Crippen molar-refractivity contribution in [3.05, 3.63) is 35.2 Å². The Hall–Kier alpha value is -2.02. The molecule has 4 nitrogen and oxygen atoms in total. The van der Waals surface area contributed by atoms with Crippen molar-refractivity contribution in [3.63, 3.8) is 0 Å². The lowest BCUT2D eigenvalue weighted by Gasteiger charge is -2.20. The first-order valence-corrected chi connectivity index (χ1v) is 5.30. The minimum absolute atomic E-state index is 0.511. The molecule has 0 unspecified atom stereocenters. The molecule has 0 heterocycles. The van der Waals surface area contributed by atoms with Crippen LogP contribution in [0.1, 0.15) is 26.3 Å². The van der Waals surface area contributed by atoms with Crippen LogP contribution in [0.4, 0.5) is 16.2 Å². The highest BCUT2D eigenvalue weighted by atomic mass is 16.6. The minimum Gasteiger partial charge on any atom is -0.444 e. The summed E-state index contributed by atoms with van der Waals surface area (Å²) < 4.78 is 5.14. The molecule has 0 aliphatic rings. The number of carbonyl (C=O) groups excluding carboxylic acids is 1. The average Bonchev–Trinajstić information content (AvgIpc) is 2.18. The molecule has 0 aliphatic heterocycles. The van der Waals surface area contributed by atoms with Crippen molar-refractivity contribution >= 4 is 17.5 Å². The van der Waals surface area contributed by atoms with E-state index in [0.29, 0.717) is 11.4 Å². The number of anilines is 1. The van der Waals surface area contributed by atoms with Gasteiger partial charge in [0.05, 0.1) is 6.57 Å². The highest BCUT2D eigenvalue weighted by Crippen LogP contribution is 2.26. The second-order valence-corrected chi connectivity index (χ2v) is 4.69. The van der Waals surface area contributed by atoms with Crippen LogP contribution in [-0.2, 0) is 4.74 Å². The van der Waals surface area contributed by atoms with Gasteiger partial charge in [0, 0.05) is 5.69 Å². The van der Waals surface area contributed by atoms with Crippen molar-refractivity contribution < 1.29 is 9.53 Å². The molecule has 0 fully saturated rings. The van der Waals surface area contributed by atoms with Crippen molar-refractivity contribution in [1.29, 1.82) is 0 Å². The van der Waals surface area contributed by atoms with Crippen molar-refractivity contribution in [2.75, 3.05) is 5.32 Å². The Morgan fingerprint density at radius 3 is 2.59 bits per heavy atom. The lowest BCUT2D eigenvalue weighted by Crippen LogP contribution is -2.27. The Morgan fingerprint density at radius 2 is 2.06 bits per heavy atom. The van der Waals surface area contributed by atoms with Crippen LogP contribution in [0.25, 0.3) is 4.85 Å². The van der Waals surface area contributed by atoms with Gasteiger partial charge in [0.25, 0.3) is 0 Å². The first kappa shape index (κ1) is 13.0. The van der Waals surface area contributed by atoms with Gasteiger partial charge < -0.3 is 4.74 Å². The number of rotatable bonds is 1. The fourth-order valence-corrected chi connectivity index (χ4v) is 1.29. The van der Waals surface area contributed by atoms with E-state index in [9.17, 15) is 4.79 Å². The van der Waals surface area contributed by atoms with E-state index in [1.807, 2.05) is 0 Å². The van der Waals surface area contributed by atoms with Crippen LogP contribution in [0, 0.1) is 13.5 Å². The molecule has 0 atom stereocenters. The van der Waals surface area contributed by atoms with Gasteiger partial charge >= 0.3 is 6.09 Å². The molecule has 4 heteroatoms. The van der Waals surface area contributed by atoms with Crippen molar-refractivity contribution in [2.24, 2.45) is 0 Å². The molecule has 1 amide bonds. The Balaban J connectivity index is 2.83. The molecule has 1 aromatic carbocycles. The van der Waals surface area contributed by atoms with Gasteiger partial charge in [-0.25, -0.2) is 9.64 Å². The highest BCUT2D eigenvalue weighted by Gasteiger charge is 2.17. The first-order valence-electron chi connectivity index (χ1n) is 5.30. The number of ether oxygens (including phenoxy) is 1. The fourth-order valence-electron chi connectivity index (χ4n) is 1.29. The molecule has 0 aromatic heterocycles. The molecular formula is C13H16N2O2. The van der Waals surface area contributed by atoms with E-state index in [-0.39, 0.29) is 0 Å². The van der Waals surface area contributed by atoms with Gasteiger partial charge in [-0.3, -0.25) is 5.32 Å². The van der Waals surface area contributed by atoms with E-state index in [2.05, 4.69) is 10.2 Å². The number of benzene rings is 1. The van der Waals surface area contributed by atoms with Crippen LogP contribution < -0.4 is 5.32 Å². The molecule has 0 saturated carbocycles. The first-order chi connectivity index (χ1) is 7.83. The lowest BCUT2D eigenvalue weighted by molar-refractivity contribution is 0.0636. The van der Waals surface area contributed by atoms with E-state index in [4.69, 9.17) is 11.3 Å². The van der Waals surface area contributed by atoms with Gasteiger partial charge in [-0.05, 0) is 39.3 Å². The molecule has 0 saturated heterocycles. The second-order valence-electron chi connectivity index (χ2n) is 4.69. The summed E-state index contributed by atoms with van der Waals surface area (Å²) >= 11 is 0. The van der Waals surface area contributed by atoms with Crippen LogP contribution in [0.3, 0.4) is 0 Å². The molecule has 17 heavy (non-hydrogen) atoms. The predicted molar refractivity (Wildman–Crippen MR) is 67.3 cm³/mol. The molecular weight excluding hydrogens is 216 g/mol. The molecule has 0 bridgehead atoms. The van der Waals surface area contributed by atoms with E-state index < -0.39 is 11.7 Å². The zero-order valence-corrected chi connectivity index (χ0v) is 10.5. The number of nitrogens with zero attached hydrogens (tertiary/aromatic N) is 1. The minimum atomic E-state index is -0.532. The Morgan fingerprint density at radius 1 is 1.41 bits per heavy atom. The van der Waals surface area contributed by atoms with Gasteiger partial charge in [-0.15, -0.1) is 0 Å². The molecule has 0 radical (unpaired) electrons. The number of amides is 1. The quantitative estimate of drug-likeness (QED) is 0.746.